The van der Waals surface area contributed by atoms with E-state index < -0.39 is 11.5 Å². The highest BCUT2D eigenvalue weighted by Gasteiger charge is 2.40. The van der Waals surface area contributed by atoms with Crippen LogP contribution in [0.3, 0.4) is 0 Å². The van der Waals surface area contributed by atoms with E-state index in [1.165, 1.54) is 0 Å². The Kier molecular flexibility index (Phi) is 4.72. The van der Waals surface area contributed by atoms with Gasteiger partial charge in [0.1, 0.15) is 5.54 Å². The molecule has 0 saturated carbocycles. The second-order valence-electron chi connectivity index (χ2n) is 6.90. The van der Waals surface area contributed by atoms with Gasteiger partial charge in [-0.25, -0.2) is 0 Å². The molecule has 0 aromatic heterocycles. The van der Waals surface area contributed by atoms with E-state index >= 15 is 0 Å². The van der Waals surface area contributed by atoms with E-state index in [0.29, 0.717) is 18.6 Å². The molecule has 0 aliphatic carbocycles. The Bertz CT molecular complexity index is 349. The average Bonchev–Trinajstić information content (AvgIpc) is 2.66. The summed E-state index contributed by atoms with van der Waals surface area (Å²) >= 11 is 0. The largest absolute Gasteiger partial charge is 0.480 e. The van der Waals surface area contributed by atoms with Crippen molar-refractivity contribution in [2.24, 2.45) is 0 Å². The first kappa shape index (κ1) is 15.7. The molecule has 0 amide bonds. The fraction of sp³-hybridized carbons (Fsp3) is 0.933. The van der Waals surface area contributed by atoms with Crippen molar-refractivity contribution >= 4 is 5.97 Å². The first-order chi connectivity index (χ1) is 9.30. The average molecular weight is 284 g/mol. The number of hydrogen-bond acceptors (Lipinski definition) is 4. The van der Waals surface area contributed by atoms with Gasteiger partial charge in [-0.2, -0.15) is 0 Å². The quantitative estimate of drug-likeness (QED) is 0.773. The van der Waals surface area contributed by atoms with Gasteiger partial charge >= 0.3 is 5.97 Å². The molecule has 2 fully saturated rings. The van der Waals surface area contributed by atoms with Crippen LogP contribution in [0.5, 0.6) is 0 Å². The van der Waals surface area contributed by atoms with Crippen molar-refractivity contribution in [3.05, 3.63) is 0 Å². The van der Waals surface area contributed by atoms with Crippen molar-refractivity contribution < 1.29 is 14.6 Å². The van der Waals surface area contributed by atoms with Crippen LogP contribution in [0.2, 0.25) is 0 Å². The molecule has 0 aromatic carbocycles. The molecule has 2 N–H and O–H groups in total. The zero-order valence-electron chi connectivity index (χ0n) is 13.1. The lowest BCUT2D eigenvalue weighted by molar-refractivity contribution is -0.145. The van der Waals surface area contributed by atoms with Crippen LogP contribution in [-0.2, 0) is 9.53 Å². The highest BCUT2D eigenvalue weighted by Crippen LogP contribution is 2.29. The van der Waals surface area contributed by atoms with E-state index in [1.807, 2.05) is 13.8 Å². The maximum Gasteiger partial charge on any atom is 0.323 e. The van der Waals surface area contributed by atoms with Gasteiger partial charge in [0, 0.05) is 25.2 Å². The number of carboxylic acid groups (broad SMARTS) is 1. The molecule has 0 aromatic rings. The Morgan fingerprint density at radius 1 is 1.35 bits per heavy atom. The predicted octanol–water partition coefficient (Wildman–Crippen LogP) is 1.47. The Morgan fingerprint density at radius 2 is 1.90 bits per heavy atom. The van der Waals surface area contributed by atoms with E-state index in [0.717, 1.165) is 25.9 Å². The van der Waals surface area contributed by atoms with E-state index in [4.69, 9.17) is 4.74 Å². The summed E-state index contributed by atoms with van der Waals surface area (Å²) in [7, 11) is 0. The van der Waals surface area contributed by atoms with Gasteiger partial charge in [0.15, 0.2) is 0 Å². The third-order valence-corrected chi connectivity index (χ3v) is 4.48. The molecule has 2 heterocycles. The third-order valence-electron chi connectivity index (χ3n) is 4.48. The minimum atomic E-state index is -0.870. The zero-order chi connectivity index (χ0) is 14.9. The Hall–Kier alpha value is -0.650. The molecular formula is C15H28N2O3. The molecule has 2 bridgehead atoms. The number of ether oxygens (including phenoxy) is 1. The summed E-state index contributed by atoms with van der Waals surface area (Å²) in [5.41, 5.74) is -0.870. The highest BCUT2D eigenvalue weighted by atomic mass is 16.5. The van der Waals surface area contributed by atoms with Crippen molar-refractivity contribution in [2.45, 2.75) is 76.8 Å². The summed E-state index contributed by atoms with van der Waals surface area (Å²) in [4.78, 5) is 14.0. The molecule has 4 unspecified atom stereocenters. The normalized spacial score (nSPS) is 31.2. The van der Waals surface area contributed by atoms with E-state index in [9.17, 15) is 9.90 Å². The predicted molar refractivity (Wildman–Crippen MR) is 77.9 cm³/mol. The van der Waals surface area contributed by atoms with Gasteiger partial charge in [-0.05, 0) is 47.0 Å². The number of nitrogens with one attached hydrogen (secondary N) is 1. The number of fused-ring (bicyclic) bond motifs is 2. The molecule has 5 heteroatoms. The standard InChI is InChI=1S/C15H28N2O3/c1-10(2)16-15(4,14(18)19)7-11(3)17-8-12-5-6-13(9-17)20-12/h10-13,16H,5-9H2,1-4H3,(H,18,19). The third kappa shape index (κ3) is 3.51. The van der Waals surface area contributed by atoms with Gasteiger partial charge in [-0.1, -0.05) is 0 Å². The number of carboxylic acids is 1. The number of likely N-dealkylation sites (tertiary alicyclic amines) is 1. The topological polar surface area (TPSA) is 61.8 Å². The van der Waals surface area contributed by atoms with Gasteiger partial charge < -0.3 is 9.84 Å². The van der Waals surface area contributed by atoms with Gasteiger partial charge in [0.2, 0.25) is 0 Å². The van der Waals surface area contributed by atoms with E-state index in [1.54, 1.807) is 6.92 Å². The van der Waals surface area contributed by atoms with Crippen LogP contribution in [0, 0.1) is 0 Å². The molecule has 5 nitrogen and oxygen atoms in total. The number of aliphatic carboxylic acids is 1. The number of morpholine rings is 1. The Labute approximate surface area is 121 Å². The molecule has 20 heavy (non-hydrogen) atoms. The van der Waals surface area contributed by atoms with Gasteiger partial charge in [-0.15, -0.1) is 0 Å². The van der Waals surface area contributed by atoms with Crippen LogP contribution < -0.4 is 5.32 Å². The van der Waals surface area contributed by atoms with Gasteiger partial charge in [0.05, 0.1) is 12.2 Å². The first-order valence-electron chi connectivity index (χ1n) is 7.71. The Morgan fingerprint density at radius 3 is 2.35 bits per heavy atom. The maximum absolute atomic E-state index is 11.6. The van der Waals surface area contributed by atoms with E-state index in [-0.39, 0.29) is 12.1 Å². The monoisotopic (exact) mass is 284 g/mol. The van der Waals surface area contributed by atoms with E-state index in [2.05, 4.69) is 17.1 Å². The summed E-state index contributed by atoms with van der Waals surface area (Å²) in [5.74, 6) is -0.769. The minimum Gasteiger partial charge on any atom is -0.480 e. The van der Waals surface area contributed by atoms with Crippen molar-refractivity contribution in [1.29, 1.82) is 0 Å². The SMILES string of the molecule is CC(C)NC(C)(CC(C)N1CC2CCC(C1)O2)C(=O)O. The molecule has 4 atom stereocenters. The van der Waals surface area contributed by atoms with Gasteiger partial charge in [0.25, 0.3) is 0 Å². The first-order valence-corrected chi connectivity index (χ1v) is 7.71. The number of carbonyl (C=O) groups is 1. The summed E-state index contributed by atoms with van der Waals surface area (Å²) < 4.78 is 5.85. The molecular weight excluding hydrogens is 256 g/mol. The molecule has 2 aliphatic heterocycles. The van der Waals surface area contributed by atoms with Crippen LogP contribution in [0.4, 0.5) is 0 Å². The number of rotatable bonds is 6. The number of hydrogen-bond donors (Lipinski definition) is 2. The fourth-order valence-electron chi connectivity index (χ4n) is 3.57. The number of nitrogens with zero attached hydrogens (tertiary/aromatic N) is 1. The molecule has 2 aliphatic rings. The fourth-order valence-corrected chi connectivity index (χ4v) is 3.57. The molecule has 116 valence electrons. The van der Waals surface area contributed by atoms with Crippen molar-refractivity contribution in [3.63, 3.8) is 0 Å². The van der Waals surface area contributed by atoms with Crippen molar-refractivity contribution in [2.75, 3.05) is 13.1 Å². The van der Waals surface area contributed by atoms with Crippen LogP contribution in [0.25, 0.3) is 0 Å². The molecule has 0 spiro atoms. The van der Waals surface area contributed by atoms with Crippen LogP contribution >= 0.6 is 0 Å². The van der Waals surface area contributed by atoms with Crippen LogP contribution in [0.15, 0.2) is 0 Å². The van der Waals surface area contributed by atoms with Gasteiger partial charge in [-0.3, -0.25) is 15.0 Å². The smallest absolute Gasteiger partial charge is 0.323 e. The van der Waals surface area contributed by atoms with Crippen molar-refractivity contribution in [1.82, 2.24) is 10.2 Å². The highest BCUT2D eigenvalue weighted by molar-refractivity contribution is 5.78. The van der Waals surface area contributed by atoms with Crippen LogP contribution in [0.1, 0.15) is 47.0 Å². The summed E-state index contributed by atoms with van der Waals surface area (Å²) in [6, 6.07) is 0.401. The minimum absolute atomic E-state index is 0.157. The lowest BCUT2D eigenvalue weighted by Gasteiger charge is -2.40. The maximum atomic E-state index is 11.6. The zero-order valence-corrected chi connectivity index (χ0v) is 13.1. The molecule has 2 saturated heterocycles. The van der Waals surface area contributed by atoms with Crippen LogP contribution in [-0.4, -0.2) is 58.9 Å². The summed E-state index contributed by atoms with van der Waals surface area (Å²) in [5, 5.41) is 12.7. The molecule has 0 radical (unpaired) electrons. The summed E-state index contributed by atoms with van der Waals surface area (Å²) in [6.07, 6.45) is 3.61. The van der Waals surface area contributed by atoms with Crippen molar-refractivity contribution in [3.8, 4) is 0 Å². The lowest BCUT2D eigenvalue weighted by atomic mass is 9.91. The lowest BCUT2D eigenvalue weighted by Crippen LogP contribution is -2.57. The molecule has 2 rings (SSSR count). The Balaban J connectivity index is 1.97. The summed E-state index contributed by atoms with van der Waals surface area (Å²) in [6.45, 7) is 9.78. The second-order valence-corrected chi connectivity index (χ2v) is 6.90. The second kappa shape index (κ2) is 6.00.